The van der Waals surface area contributed by atoms with Crippen LogP contribution in [0.2, 0.25) is 0 Å². The molecule has 1 atom stereocenters. The normalized spacial score (nSPS) is 15.0. The van der Waals surface area contributed by atoms with Crippen LogP contribution in [-0.2, 0) is 27.3 Å². The van der Waals surface area contributed by atoms with Crippen LogP contribution in [-0.4, -0.2) is 63.3 Å². The molecule has 4 rings (SSSR count). The predicted octanol–water partition coefficient (Wildman–Crippen LogP) is 2.62. The van der Waals surface area contributed by atoms with Gasteiger partial charge in [0, 0.05) is 13.1 Å². The second-order valence-electron chi connectivity index (χ2n) is 9.55. The molecule has 1 aliphatic rings. The molecule has 1 saturated heterocycles. The molecule has 0 bridgehead atoms. The molecular weight excluding hydrogens is 460 g/mol. The molecule has 3 heterocycles. The number of hydrogen-bond acceptors (Lipinski definition) is 7. The maximum atomic E-state index is 12.8. The van der Waals surface area contributed by atoms with Gasteiger partial charge in [-0.15, -0.1) is 10.2 Å². The fourth-order valence-corrected chi connectivity index (χ4v) is 4.11. The Labute approximate surface area is 210 Å². The minimum absolute atomic E-state index is 0.0473. The third kappa shape index (κ3) is 6.38. The minimum Gasteiger partial charge on any atom is -0.443 e. The Balaban J connectivity index is 1.55. The summed E-state index contributed by atoms with van der Waals surface area (Å²) in [5.41, 5.74) is 7.57. The number of nitrogens with zero attached hydrogens (tertiary/aromatic N) is 4. The van der Waals surface area contributed by atoms with Crippen LogP contribution >= 0.6 is 0 Å². The number of hydrogen-bond donors (Lipinski definition) is 2. The number of fused-ring (bicyclic) bond motifs is 1. The molecule has 10 nitrogen and oxygen atoms in total. The van der Waals surface area contributed by atoms with Crippen LogP contribution in [0, 0.1) is 0 Å². The summed E-state index contributed by atoms with van der Waals surface area (Å²) in [5.74, 6) is 0.300. The molecule has 1 aliphatic heterocycles. The van der Waals surface area contributed by atoms with E-state index in [9.17, 15) is 9.59 Å². The van der Waals surface area contributed by atoms with Crippen molar-refractivity contribution in [2.75, 3.05) is 26.3 Å². The number of carbonyl (C=O) groups excluding carboxylic acids is 2. The number of nitrogens with one attached hydrogen (secondary N) is 1. The van der Waals surface area contributed by atoms with Crippen molar-refractivity contribution >= 4 is 17.6 Å². The molecule has 2 aromatic heterocycles. The van der Waals surface area contributed by atoms with Crippen molar-refractivity contribution in [1.29, 1.82) is 0 Å². The van der Waals surface area contributed by atoms with Gasteiger partial charge < -0.3 is 25.4 Å². The van der Waals surface area contributed by atoms with Crippen LogP contribution in [0.3, 0.4) is 0 Å². The maximum Gasteiger partial charge on any atom is 0.410 e. The van der Waals surface area contributed by atoms with Crippen LogP contribution in [0.4, 0.5) is 4.79 Å². The molecule has 0 aliphatic carbocycles. The highest BCUT2D eigenvalue weighted by Gasteiger charge is 2.28. The van der Waals surface area contributed by atoms with Gasteiger partial charge in [0.25, 0.3) is 0 Å². The first-order valence-corrected chi connectivity index (χ1v) is 12.3. The van der Waals surface area contributed by atoms with E-state index in [0.29, 0.717) is 49.9 Å². The quantitative estimate of drug-likeness (QED) is 0.469. The molecule has 3 N–H and O–H groups in total. The Bertz CT molecular complexity index is 1170. The average molecular weight is 495 g/mol. The molecule has 192 valence electrons. The number of rotatable bonds is 9. The van der Waals surface area contributed by atoms with Crippen molar-refractivity contribution in [3.63, 3.8) is 0 Å². The van der Waals surface area contributed by atoms with Gasteiger partial charge in [-0.05, 0) is 50.8 Å². The summed E-state index contributed by atoms with van der Waals surface area (Å²) in [6, 6.07) is 15.3. The average Bonchev–Trinajstić information content (AvgIpc) is 3.32. The van der Waals surface area contributed by atoms with Gasteiger partial charge in [-0.2, -0.15) is 0 Å². The fraction of sp³-hybridized carbons (Fsp3) is 0.462. The van der Waals surface area contributed by atoms with E-state index in [1.165, 1.54) is 5.56 Å². The SMILES string of the molecule is CC(C)(N)C(=O)NC(CCCc1ccccc1)c1nnc2cccc(COC(=O)N3CCOCC3)n12. The molecule has 1 aromatic carbocycles. The van der Waals surface area contributed by atoms with Crippen LogP contribution in [0.1, 0.15) is 49.8 Å². The van der Waals surface area contributed by atoms with Crippen LogP contribution < -0.4 is 11.1 Å². The number of nitrogens with two attached hydrogens (primary N) is 1. The lowest BCUT2D eigenvalue weighted by molar-refractivity contribution is -0.126. The summed E-state index contributed by atoms with van der Waals surface area (Å²) in [5, 5.41) is 11.8. The number of aryl methyl sites for hydroxylation is 1. The molecule has 0 saturated carbocycles. The van der Waals surface area contributed by atoms with E-state index >= 15 is 0 Å². The first kappa shape index (κ1) is 25.6. The van der Waals surface area contributed by atoms with E-state index < -0.39 is 11.6 Å². The molecule has 2 amide bonds. The molecule has 0 radical (unpaired) electrons. The monoisotopic (exact) mass is 494 g/mol. The molecule has 10 heteroatoms. The number of amides is 2. The number of pyridine rings is 1. The van der Waals surface area contributed by atoms with Crippen molar-refractivity contribution in [2.45, 2.75) is 51.3 Å². The zero-order valence-corrected chi connectivity index (χ0v) is 20.9. The Morgan fingerprint density at radius 2 is 1.86 bits per heavy atom. The molecule has 0 spiro atoms. The van der Waals surface area contributed by atoms with Gasteiger partial charge in [-0.1, -0.05) is 36.4 Å². The summed E-state index contributed by atoms with van der Waals surface area (Å²) >= 11 is 0. The van der Waals surface area contributed by atoms with E-state index in [1.807, 2.05) is 40.8 Å². The summed E-state index contributed by atoms with van der Waals surface area (Å²) in [6.45, 7) is 5.40. The van der Waals surface area contributed by atoms with Crippen LogP contribution in [0.5, 0.6) is 0 Å². The summed E-state index contributed by atoms with van der Waals surface area (Å²) in [7, 11) is 0. The largest absolute Gasteiger partial charge is 0.443 e. The number of aromatic nitrogens is 3. The van der Waals surface area contributed by atoms with Gasteiger partial charge >= 0.3 is 6.09 Å². The summed E-state index contributed by atoms with van der Waals surface area (Å²) in [4.78, 5) is 27.0. The third-order valence-electron chi connectivity index (χ3n) is 6.15. The van der Waals surface area contributed by atoms with E-state index in [4.69, 9.17) is 15.2 Å². The number of ether oxygens (including phenoxy) is 2. The molecule has 1 unspecified atom stereocenters. The van der Waals surface area contributed by atoms with Gasteiger partial charge in [0.2, 0.25) is 5.91 Å². The lowest BCUT2D eigenvalue weighted by atomic mass is 10.0. The van der Waals surface area contributed by atoms with Crippen molar-refractivity contribution in [2.24, 2.45) is 5.73 Å². The second-order valence-corrected chi connectivity index (χ2v) is 9.55. The van der Waals surface area contributed by atoms with Gasteiger partial charge in [-0.25, -0.2) is 4.79 Å². The van der Waals surface area contributed by atoms with Crippen molar-refractivity contribution < 1.29 is 19.1 Å². The van der Waals surface area contributed by atoms with Crippen LogP contribution in [0.25, 0.3) is 5.65 Å². The van der Waals surface area contributed by atoms with Gasteiger partial charge in [0.05, 0.1) is 30.5 Å². The molecule has 36 heavy (non-hydrogen) atoms. The molecular formula is C26H34N6O4. The lowest BCUT2D eigenvalue weighted by Gasteiger charge is -2.26. The van der Waals surface area contributed by atoms with Crippen molar-refractivity contribution in [1.82, 2.24) is 24.8 Å². The molecule has 1 fully saturated rings. The first-order chi connectivity index (χ1) is 17.3. The number of benzene rings is 1. The maximum absolute atomic E-state index is 12.8. The predicted molar refractivity (Wildman–Crippen MR) is 134 cm³/mol. The van der Waals surface area contributed by atoms with E-state index in [2.05, 4.69) is 27.6 Å². The summed E-state index contributed by atoms with van der Waals surface area (Å²) < 4.78 is 12.8. The highest BCUT2D eigenvalue weighted by Crippen LogP contribution is 2.22. The lowest BCUT2D eigenvalue weighted by Crippen LogP contribution is -2.50. The van der Waals surface area contributed by atoms with Crippen LogP contribution in [0.15, 0.2) is 48.5 Å². The standard InChI is InChI=1S/C26H34N6O4/c1-26(2,27)24(33)28-21(12-6-10-19-8-4-3-5-9-19)23-30-29-22-13-7-11-20(32(22)23)18-36-25(34)31-14-16-35-17-15-31/h3-5,7-9,11,13,21H,6,10,12,14-18,27H2,1-2H3,(H,28,33). The zero-order chi connectivity index (χ0) is 25.5. The van der Waals surface area contributed by atoms with E-state index in [0.717, 1.165) is 12.8 Å². The van der Waals surface area contributed by atoms with Crippen molar-refractivity contribution in [3.05, 3.63) is 65.6 Å². The Kier molecular flexibility index (Phi) is 8.17. The zero-order valence-electron chi connectivity index (χ0n) is 20.9. The van der Waals surface area contributed by atoms with E-state index in [-0.39, 0.29) is 18.6 Å². The number of morpholine rings is 1. The van der Waals surface area contributed by atoms with Gasteiger partial charge in [0.15, 0.2) is 11.5 Å². The Morgan fingerprint density at radius 1 is 1.11 bits per heavy atom. The van der Waals surface area contributed by atoms with Gasteiger partial charge in [0.1, 0.15) is 6.61 Å². The summed E-state index contributed by atoms with van der Waals surface area (Å²) in [6.07, 6.45) is 1.94. The smallest absolute Gasteiger partial charge is 0.410 e. The second kappa shape index (κ2) is 11.5. The van der Waals surface area contributed by atoms with Gasteiger partial charge in [-0.3, -0.25) is 9.20 Å². The fourth-order valence-electron chi connectivity index (χ4n) is 4.11. The Morgan fingerprint density at radius 3 is 2.58 bits per heavy atom. The van der Waals surface area contributed by atoms with Crippen molar-refractivity contribution in [3.8, 4) is 0 Å². The highest BCUT2D eigenvalue weighted by atomic mass is 16.6. The minimum atomic E-state index is -1.05. The third-order valence-corrected chi connectivity index (χ3v) is 6.15. The molecule has 3 aromatic rings. The van der Waals surface area contributed by atoms with E-state index in [1.54, 1.807) is 18.7 Å². The topological polar surface area (TPSA) is 124 Å². The first-order valence-electron chi connectivity index (χ1n) is 12.3. The Hall–Kier alpha value is -3.50. The number of carbonyl (C=O) groups is 2. The highest BCUT2D eigenvalue weighted by molar-refractivity contribution is 5.85.